The second-order valence-corrected chi connectivity index (χ2v) is 4.75. The van der Waals surface area contributed by atoms with E-state index in [0.717, 1.165) is 11.8 Å². The summed E-state index contributed by atoms with van der Waals surface area (Å²) in [6.07, 6.45) is 0.483. The van der Waals surface area contributed by atoms with Crippen molar-refractivity contribution in [3.63, 3.8) is 0 Å². The Labute approximate surface area is 89.4 Å². The molecule has 80 valence electrons. The lowest BCUT2D eigenvalue weighted by atomic mass is 10.1. The van der Waals surface area contributed by atoms with Crippen LogP contribution in [0.25, 0.3) is 4.85 Å². The molecule has 1 aromatic carbocycles. The first kappa shape index (κ1) is 11.7. The number of rotatable bonds is 3. The first-order valence-electron chi connectivity index (χ1n) is 4.28. The summed E-state index contributed by atoms with van der Waals surface area (Å²) in [5.74, 6) is 0. The van der Waals surface area contributed by atoms with Crippen LogP contribution in [0.3, 0.4) is 0 Å². The van der Waals surface area contributed by atoms with Crippen LogP contribution < -0.4 is 0 Å². The molecule has 0 bridgehead atoms. The molecule has 15 heavy (non-hydrogen) atoms. The van der Waals surface area contributed by atoms with E-state index in [1.807, 2.05) is 0 Å². The first-order chi connectivity index (χ1) is 6.92. The minimum Gasteiger partial charge on any atom is -0.262 e. The van der Waals surface area contributed by atoms with E-state index in [1.165, 1.54) is 0 Å². The predicted molar refractivity (Wildman–Crippen MR) is 57.0 cm³/mol. The Hall–Kier alpha value is -1.38. The third-order valence-corrected chi connectivity index (χ3v) is 2.45. The van der Waals surface area contributed by atoms with Crippen molar-refractivity contribution < 1.29 is 12.6 Å². The maximum atomic E-state index is 10.9. The van der Waals surface area contributed by atoms with E-state index in [0.29, 0.717) is 5.69 Å². The second kappa shape index (κ2) is 4.43. The summed E-state index contributed by atoms with van der Waals surface area (Å²) in [4.78, 5) is 3.24. The van der Waals surface area contributed by atoms with Crippen LogP contribution in [0.5, 0.6) is 0 Å². The molecule has 0 aromatic heterocycles. The molecule has 0 amide bonds. The number of hydrogen-bond acceptors (Lipinski definition) is 3. The SMILES string of the molecule is [C-]#[N+]c1ccc(C(C)OS(C)(=O)=O)cc1. The van der Waals surface area contributed by atoms with Crippen LogP contribution in [0, 0.1) is 6.57 Å². The summed E-state index contributed by atoms with van der Waals surface area (Å²) in [5, 5.41) is 0. The fourth-order valence-corrected chi connectivity index (χ4v) is 1.77. The highest BCUT2D eigenvalue weighted by Gasteiger charge is 2.11. The topological polar surface area (TPSA) is 47.7 Å². The maximum absolute atomic E-state index is 10.9. The Bertz CT molecular complexity index is 470. The van der Waals surface area contributed by atoms with Gasteiger partial charge in [-0.15, -0.1) is 0 Å². The van der Waals surface area contributed by atoms with E-state index in [4.69, 9.17) is 10.8 Å². The third kappa shape index (κ3) is 3.70. The lowest BCUT2D eigenvalue weighted by Gasteiger charge is -2.10. The van der Waals surface area contributed by atoms with Gasteiger partial charge in [-0.3, -0.25) is 4.18 Å². The van der Waals surface area contributed by atoms with Gasteiger partial charge in [0.05, 0.1) is 18.9 Å². The second-order valence-electron chi connectivity index (χ2n) is 3.15. The molecule has 0 radical (unpaired) electrons. The van der Waals surface area contributed by atoms with Crippen molar-refractivity contribution in [2.75, 3.05) is 6.26 Å². The zero-order chi connectivity index (χ0) is 11.5. The van der Waals surface area contributed by atoms with E-state index < -0.39 is 16.2 Å². The van der Waals surface area contributed by atoms with Gasteiger partial charge in [0.1, 0.15) is 0 Å². The minimum atomic E-state index is -3.45. The minimum absolute atomic E-state index is 0.519. The largest absolute Gasteiger partial charge is 0.264 e. The molecule has 0 heterocycles. The number of benzene rings is 1. The van der Waals surface area contributed by atoms with Gasteiger partial charge in [-0.05, 0) is 12.5 Å². The van der Waals surface area contributed by atoms with Crippen LogP contribution in [0.4, 0.5) is 5.69 Å². The summed E-state index contributed by atoms with van der Waals surface area (Å²) in [6.45, 7) is 8.41. The van der Waals surface area contributed by atoms with Crippen molar-refractivity contribution in [1.29, 1.82) is 0 Å². The van der Waals surface area contributed by atoms with Gasteiger partial charge in [-0.1, -0.05) is 24.3 Å². The lowest BCUT2D eigenvalue weighted by molar-refractivity contribution is 0.237. The van der Waals surface area contributed by atoms with Crippen molar-refractivity contribution in [2.24, 2.45) is 0 Å². The smallest absolute Gasteiger partial charge is 0.262 e. The van der Waals surface area contributed by atoms with Crippen LogP contribution in [0.1, 0.15) is 18.6 Å². The Balaban J connectivity index is 2.84. The van der Waals surface area contributed by atoms with Gasteiger partial charge >= 0.3 is 0 Å². The molecule has 1 unspecified atom stereocenters. The monoisotopic (exact) mass is 225 g/mol. The highest BCUT2D eigenvalue weighted by molar-refractivity contribution is 7.86. The maximum Gasteiger partial charge on any atom is 0.264 e. The fourth-order valence-electron chi connectivity index (χ4n) is 1.14. The molecule has 0 N–H and O–H groups in total. The van der Waals surface area contributed by atoms with Gasteiger partial charge in [-0.2, -0.15) is 8.42 Å². The van der Waals surface area contributed by atoms with E-state index in [1.54, 1.807) is 31.2 Å². The summed E-state index contributed by atoms with van der Waals surface area (Å²) < 4.78 is 26.5. The van der Waals surface area contributed by atoms with E-state index in [-0.39, 0.29) is 0 Å². The molecule has 5 heteroatoms. The predicted octanol–water partition coefficient (Wildman–Crippen LogP) is 2.27. The fraction of sp³-hybridized carbons (Fsp3) is 0.300. The molecular formula is C10H11NO3S. The van der Waals surface area contributed by atoms with Gasteiger partial charge in [0.15, 0.2) is 5.69 Å². The Morgan fingerprint density at radius 1 is 1.33 bits per heavy atom. The molecule has 0 fully saturated rings. The molecule has 0 spiro atoms. The van der Waals surface area contributed by atoms with Crippen LogP contribution in [0.15, 0.2) is 24.3 Å². The van der Waals surface area contributed by atoms with Crippen molar-refractivity contribution >= 4 is 15.8 Å². The molecule has 0 saturated carbocycles. The summed E-state index contributed by atoms with van der Waals surface area (Å²) in [7, 11) is -3.45. The molecule has 0 aliphatic rings. The Morgan fingerprint density at radius 3 is 2.27 bits per heavy atom. The Morgan fingerprint density at radius 2 is 1.87 bits per heavy atom. The quantitative estimate of drug-likeness (QED) is 0.585. The normalized spacial score (nSPS) is 13.1. The molecule has 4 nitrogen and oxygen atoms in total. The molecule has 1 rings (SSSR count). The Kier molecular flexibility index (Phi) is 3.45. The van der Waals surface area contributed by atoms with Crippen molar-refractivity contribution in [3.05, 3.63) is 41.2 Å². The summed E-state index contributed by atoms with van der Waals surface area (Å²) in [5.41, 5.74) is 1.25. The highest BCUT2D eigenvalue weighted by atomic mass is 32.2. The van der Waals surface area contributed by atoms with Gasteiger partial charge in [0.2, 0.25) is 0 Å². The molecular weight excluding hydrogens is 214 g/mol. The first-order valence-corrected chi connectivity index (χ1v) is 6.10. The van der Waals surface area contributed by atoms with Crippen LogP contribution in [-0.2, 0) is 14.3 Å². The molecule has 1 aromatic rings. The number of nitrogens with zero attached hydrogens (tertiary/aromatic N) is 1. The number of hydrogen-bond donors (Lipinski definition) is 0. The van der Waals surface area contributed by atoms with Gasteiger partial charge in [0.25, 0.3) is 10.1 Å². The van der Waals surface area contributed by atoms with E-state index >= 15 is 0 Å². The summed E-state index contributed by atoms with van der Waals surface area (Å²) in [6, 6.07) is 6.63. The van der Waals surface area contributed by atoms with E-state index in [9.17, 15) is 8.42 Å². The third-order valence-electron chi connectivity index (χ3n) is 1.81. The standard InChI is InChI=1S/C10H11NO3S/c1-8(14-15(3,12)13)9-4-6-10(11-2)7-5-9/h4-8H,1,3H3. The van der Waals surface area contributed by atoms with Gasteiger partial charge in [-0.25, -0.2) is 4.85 Å². The highest BCUT2D eigenvalue weighted by Crippen LogP contribution is 2.21. The van der Waals surface area contributed by atoms with E-state index in [2.05, 4.69) is 4.85 Å². The van der Waals surface area contributed by atoms with Crippen LogP contribution in [0.2, 0.25) is 0 Å². The zero-order valence-electron chi connectivity index (χ0n) is 8.47. The average molecular weight is 225 g/mol. The molecule has 0 saturated heterocycles. The van der Waals surface area contributed by atoms with Crippen LogP contribution in [-0.4, -0.2) is 14.7 Å². The van der Waals surface area contributed by atoms with Gasteiger partial charge in [0, 0.05) is 0 Å². The van der Waals surface area contributed by atoms with Gasteiger partial charge < -0.3 is 0 Å². The lowest BCUT2D eigenvalue weighted by Crippen LogP contribution is -2.07. The summed E-state index contributed by atoms with van der Waals surface area (Å²) >= 11 is 0. The van der Waals surface area contributed by atoms with Crippen molar-refractivity contribution in [3.8, 4) is 0 Å². The average Bonchev–Trinajstić information content (AvgIpc) is 2.15. The zero-order valence-corrected chi connectivity index (χ0v) is 9.28. The van der Waals surface area contributed by atoms with Crippen molar-refractivity contribution in [1.82, 2.24) is 0 Å². The molecule has 0 aliphatic carbocycles. The molecule has 0 aliphatic heterocycles. The van der Waals surface area contributed by atoms with Crippen LogP contribution >= 0.6 is 0 Å². The van der Waals surface area contributed by atoms with Crippen molar-refractivity contribution in [2.45, 2.75) is 13.0 Å². The molecule has 1 atom stereocenters.